The molecule has 8 heteroatoms. The van der Waals surface area contributed by atoms with E-state index in [-0.39, 0.29) is 16.7 Å². The molecule has 0 amide bonds. The smallest absolute Gasteiger partial charge is 0.335 e. The maximum atomic E-state index is 10.9. The number of carboxylic acid groups (broad SMARTS) is 4. The molecule has 1 aliphatic rings. The summed E-state index contributed by atoms with van der Waals surface area (Å²) < 4.78 is 0. The minimum Gasteiger partial charge on any atom is -0.481 e. The van der Waals surface area contributed by atoms with Gasteiger partial charge in [-0.15, -0.1) is 0 Å². The maximum Gasteiger partial charge on any atom is 0.335 e. The Bertz CT molecular complexity index is 783. The number of hydrogen-bond donors (Lipinski definition) is 4. The minimum absolute atomic E-state index is 0.368. The van der Waals surface area contributed by atoms with Gasteiger partial charge in [0.15, 0.2) is 0 Å². The van der Waals surface area contributed by atoms with Crippen LogP contribution >= 0.6 is 0 Å². The molecule has 0 spiro atoms. The highest BCUT2D eigenvalue weighted by atomic mass is 16.4. The normalized spacial score (nSPS) is 18.3. The molecule has 0 bridgehead atoms. The first-order chi connectivity index (χ1) is 12.4. The molecule has 4 N–H and O–H groups in total. The van der Waals surface area contributed by atoms with Gasteiger partial charge in [-0.05, 0) is 45.4 Å². The van der Waals surface area contributed by atoms with Crippen molar-refractivity contribution in [3.8, 4) is 0 Å². The summed E-state index contributed by atoms with van der Waals surface area (Å²) in [5.74, 6) is -4.86. The maximum absolute atomic E-state index is 10.9. The molecule has 27 heavy (non-hydrogen) atoms. The van der Waals surface area contributed by atoms with Crippen molar-refractivity contribution < 1.29 is 39.6 Å². The molecular formula is C19H20O8. The first kappa shape index (κ1) is 21.6. The van der Waals surface area contributed by atoms with E-state index in [1.807, 2.05) is 26.0 Å². The number of hydrogen-bond acceptors (Lipinski definition) is 4. The van der Waals surface area contributed by atoms with E-state index >= 15 is 0 Å². The monoisotopic (exact) mass is 376 g/mol. The van der Waals surface area contributed by atoms with Gasteiger partial charge in [0.1, 0.15) is 0 Å². The molecule has 1 aromatic carbocycles. The minimum atomic E-state index is -1.37. The van der Waals surface area contributed by atoms with E-state index in [1.54, 1.807) is 6.92 Å². The first-order valence-corrected chi connectivity index (χ1v) is 7.80. The number of carbonyl (C=O) groups is 4. The summed E-state index contributed by atoms with van der Waals surface area (Å²) in [6.45, 7) is 5.66. The van der Waals surface area contributed by atoms with Gasteiger partial charge in [-0.2, -0.15) is 0 Å². The van der Waals surface area contributed by atoms with Crippen LogP contribution in [0.3, 0.4) is 0 Å². The molecule has 0 saturated carbocycles. The molecule has 0 fully saturated rings. The Morgan fingerprint density at radius 3 is 1.44 bits per heavy atom. The van der Waals surface area contributed by atoms with Gasteiger partial charge in [0, 0.05) is 0 Å². The summed E-state index contributed by atoms with van der Waals surface area (Å²) in [5, 5.41) is 34.8. The van der Waals surface area contributed by atoms with Gasteiger partial charge >= 0.3 is 23.9 Å². The van der Waals surface area contributed by atoms with Crippen LogP contribution in [-0.2, 0) is 4.79 Å². The standard InChI is InChI=1S/C10H14O2.C9H6O6/c1-7-4-8(2)6-10(3,5-7)9(11)12;10-7(11)4-1-5(8(12)13)3-6(2-4)9(14)15/h4-5H,6H2,1-3H3,(H,11,12);1-3H,(H,10,11)(H,12,13)(H,14,15). The van der Waals surface area contributed by atoms with Crippen LogP contribution in [-0.4, -0.2) is 44.3 Å². The van der Waals surface area contributed by atoms with Gasteiger partial charge in [-0.3, -0.25) is 4.79 Å². The average Bonchev–Trinajstić information content (AvgIpc) is 2.53. The molecule has 0 aliphatic heterocycles. The second-order valence-corrected chi connectivity index (χ2v) is 6.49. The van der Waals surface area contributed by atoms with Crippen LogP contribution in [0.4, 0.5) is 0 Å². The Kier molecular flexibility index (Phi) is 6.65. The quantitative estimate of drug-likeness (QED) is 0.626. The average molecular weight is 376 g/mol. The molecule has 0 radical (unpaired) electrons. The molecular weight excluding hydrogens is 356 g/mol. The van der Waals surface area contributed by atoms with Crippen molar-refractivity contribution in [3.05, 3.63) is 58.2 Å². The van der Waals surface area contributed by atoms with E-state index < -0.39 is 29.3 Å². The van der Waals surface area contributed by atoms with Crippen LogP contribution in [0.5, 0.6) is 0 Å². The highest BCUT2D eigenvalue weighted by molar-refractivity contribution is 5.98. The van der Waals surface area contributed by atoms with Gasteiger partial charge in [-0.1, -0.05) is 23.3 Å². The molecule has 2 rings (SSSR count). The predicted octanol–water partition coefficient (Wildman–Crippen LogP) is 3.15. The van der Waals surface area contributed by atoms with Gasteiger partial charge in [-0.25, -0.2) is 14.4 Å². The van der Waals surface area contributed by atoms with Crippen LogP contribution in [0.15, 0.2) is 41.5 Å². The fourth-order valence-corrected chi connectivity index (χ4v) is 2.75. The SMILES string of the molecule is CC1=CC(C)(C(=O)O)CC(C)=C1.O=C(O)c1cc(C(=O)O)cc(C(=O)O)c1. The summed E-state index contributed by atoms with van der Waals surface area (Å²) >= 11 is 0. The van der Waals surface area contributed by atoms with E-state index in [4.69, 9.17) is 20.4 Å². The van der Waals surface area contributed by atoms with Crippen LogP contribution in [0.1, 0.15) is 58.3 Å². The van der Waals surface area contributed by atoms with Gasteiger partial charge in [0.05, 0.1) is 22.1 Å². The molecule has 144 valence electrons. The van der Waals surface area contributed by atoms with E-state index in [1.165, 1.54) is 0 Å². The first-order valence-electron chi connectivity index (χ1n) is 7.80. The van der Waals surface area contributed by atoms with Crippen molar-refractivity contribution in [2.24, 2.45) is 5.41 Å². The molecule has 1 atom stereocenters. The van der Waals surface area contributed by atoms with Crippen LogP contribution in [0.2, 0.25) is 0 Å². The molecule has 0 saturated heterocycles. The third-order valence-electron chi connectivity index (χ3n) is 3.83. The lowest BCUT2D eigenvalue weighted by Gasteiger charge is -2.25. The van der Waals surface area contributed by atoms with Crippen molar-refractivity contribution in [1.29, 1.82) is 0 Å². The highest BCUT2D eigenvalue weighted by Gasteiger charge is 2.32. The molecule has 1 aliphatic carbocycles. The third kappa shape index (κ3) is 5.81. The zero-order chi connectivity index (χ0) is 20.9. The molecule has 1 unspecified atom stereocenters. The molecule has 0 heterocycles. The highest BCUT2D eigenvalue weighted by Crippen LogP contribution is 2.33. The zero-order valence-electron chi connectivity index (χ0n) is 15.0. The van der Waals surface area contributed by atoms with Crippen molar-refractivity contribution in [1.82, 2.24) is 0 Å². The second-order valence-electron chi connectivity index (χ2n) is 6.49. The summed E-state index contributed by atoms with van der Waals surface area (Å²) in [5.41, 5.74) is 0.388. The lowest BCUT2D eigenvalue weighted by atomic mass is 9.78. The lowest BCUT2D eigenvalue weighted by molar-refractivity contribution is -0.145. The fraction of sp³-hybridized carbons (Fsp3) is 0.263. The lowest BCUT2D eigenvalue weighted by Crippen LogP contribution is -2.27. The number of aromatic carboxylic acids is 3. The van der Waals surface area contributed by atoms with E-state index in [0.717, 1.165) is 29.3 Å². The Morgan fingerprint density at radius 1 is 0.815 bits per heavy atom. The number of carboxylic acids is 4. The Labute approximate surface area is 155 Å². The third-order valence-corrected chi connectivity index (χ3v) is 3.83. The largest absolute Gasteiger partial charge is 0.481 e. The fourth-order valence-electron chi connectivity index (χ4n) is 2.75. The van der Waals surface area contributed by atoms with Gasteiger partial charge in [0.2, 0.25) is 0 Å². The van der Waals surface area contributed by atoms with Crippen molar-refractivity contribution in [2.75, 3.05) is 0 Å². The molecule has 0 aromatic heterocycles. The summed E-state index contributed by atoms with van der Waals surface area (Å²) in [4.78, 5) is 42.6. The van der Waals surface area contributed by atoms with Crippen LogP contribution in [0.25, 0.3) is 0 Å². The number of aliphatic carboxylic acids is 1. The summed E-state index contributed by atoms with van der Waals surface area (Å²) in [7, 11) is 0. The van der Waals surface area contributed by atoms with Crippen molar-refractivity contribution in [3.63, 3.8) is 0 Å². The number of allylic oxidation sites excluding steroid dienone is 3. The van der Waals surface area contributed by atoms with Gasteiger partial charge in [0.25, 0.3) is 0 Å². The summed E-state index contributed by atoms with van der Waals surface area (Å²) in [6.07, 6.45) is 4.48. The topological polar surface area (TPSA) is 149 Å². The predicted molar refractivity (Wildman–Crippen MR) is 95.2 cm³/mol. The second kappa shape index (κ2) is 8.31. The van der Waals surface area contributed by atoms with E-state index in [9.17, 15) is 19.2 Å². The van der Waals surface area contributed by atoms with Crippen molar-refractivity contribution >= 4 is 23.9 Å². The number of rotatable bonds is 4. The van der Waals surface area contributed by atoms with Crippen LogP contribution < -0.4 is 0 Å². The van der Waals surface area contributed by atoms with Gasteiger partial charge < -0.3 is 20.4 Å². The number of benzene rings is 1. The van der Waals surface area contributed by atoms with Crippen molar-refractivity contribution in [2.45, 2.75) is 27.2 Å². The molecule has 1 aromatic rings. The summed E-state index contributed by atoms with van der Waals surface area (Å²) in [6, 6.07) is 2.70. The van der Waals surface area contributed by atoms with Crippen LogP contribution in [0, 0.1) is 5.41 Å². The zero-order valence-corrected chi connectivity index (χ0v) is 15.0. The van der Waals surface area contributed by atoms with E-state index in [2.05, 4.69) is 0 Å². The Hall–Kier alpha value is -3.42. The Morgan fingerprint density at radius 2 is 1.19 bits per heavy atom. The van der Waals surface area contributed by atoms with E-state index in [0.29, 0.717) is 6.42 Å². The Balaban J connectivity index is 0.000000277. The molecule has 8 nitrogen and oxygen atoms in total.